The van der Waals surface area contributed by atoms with Crippen molar-refractivity contribution in [3.8, 4) is 5.75 Å². The summed E-state index contributed by atoms with van der Waals surface area (Å²) < 4.78 is 33.1. The molecular weight excluding hydrogens is 326 g/mol. The second kappa shape index (κ2) is 7.19. The van der Waals surface area contributed by atoms with Crippen molar-refractivity contribution in [2.75, 3.05) is 25.1 Å². The fraction of sp³-hybridized carbons (Fsp3) is 0.316. The number of halogens is 2. The van der Waals surface area contributed by atoms with E-state index in [0.29, 0.717) is 24.5 Å². The van der Waals surface area contributed by atoms with Gasteiger partial charge in [-0.2, -0.15) is 0 Å². The lowest BCUT2D eigenvalue weighted by Crippen LogP contribution is -2.55. The molecule has 0 saturated carbocycles. The number of rotatable bonds is 4. The molecule has 0 aliphatic carbocycles. The number of methoxy groups -OCH3 is 1. The zero-order valence-electron chi connectivity index (χ0n) is 14.2. The van der Waals surface area contributed by atoms with E-state index >= 15 is 0 Å². The number of piperazine rings is 1. The van der Waals surface area contributed by atoms with Crippen LogP contribution >= 0.6 is 0 Å². The Bertz CT molecular complexity index is 762. The third-order valence-electron chi connectivity index (χ3n) is 4.58. The maximum Gasteiger partial charge on any atom is 0.244 e. The number of ether oxygens (including phenoxy) is 1. The number of hydrogen-bond acceptors (Lipinski definition) is 3. The second-order valence-corrected chi connectivity index (χ2v) is 6.01. The molecule has 3 rings (SSSR count). The van der Waals surface area contributed by atoms with Crippen LogP contribution in [-0.4, -0.2) is 37.0 Å². The summed E-state index contributed by atoms with van der Waals surface area (Å²) in [5, 5.41) is 0. The van der Waals surface area contributed by atoms with Crippen molar-refractivity contribution in [3.05, 3.63) is 59.7 Å². The Morgan fingerprint density at radius 2 is 1.76 bits per heavy atom. The first-order valence-corrected chi connectivity index (χ1v) is 8.14. The Labute approximate surface area is 145 Å². The maximum absolute atomic E-state index is 13.9. The molecule has 0 radical (unpaired) electrons. The summed E-state index contributed by atoms with van der Waals surface area (Å²) in [6, 6.07) is 10.6. The molecule has 0 aromatic heterocycles. The Kier molecular flexibility index (Phi) is 4.99. The highest BCUT2D eigenvalue weighted by Gasteiger charge is 2.34. The van der Waals surface area contributed by atoms with Crippen molar-refractivity contribution >= 4 is 11.6 Å². The minimum absolute atomic E-state index is 0.00658. The fourth-order valence-corrected chi connectivity index (χ4v) is 3.11. The summed E-state index contributed by atoms with van der Waals surface area (Å²) in [7, 11) is 1.56. The van der Waals surface area contributed by atoms with Crippen molar-refractivity contribution in [1.29, 1.82) is 0 Å². The van der Waals surface area contributed by atoms with Crippen LogP contribution in [0.2, 0.25) is 0 Å². The zero-order chi connectivity index (χ0) is 18.0. The van der Waals surface area contributed by atoms with E-state index in [1.54, 1.807) is 29.9 Å². The number of carbonyl (C=O) groups is 1. The van der Waals surface area contributed by atoms with E-state index < -0.39 is 17.7 Å². The largest absolute Gasteiger partial charge is 0.495 e. The molecule has 4 nitrogen and oxygen atoms in total. The van der Waals surface area contributed by atoms with E-state index in [9.17, 15) is 13.6 Å². The molecule has 0 N–H and O–H groups in total. The lowest BCUT2D eigenvalue weighted by Gasteiger charge is -2.39. The minimum Gasteiger partial charge on any atom is -0.495 e. The Morgan fingerprint density at radius 3 is 2.44 bits per heavy atom. The van der Waals surface area contributed by atoms with Gasteiger partial charge in [0.05, 0.1) is 18.8 Å². The van der Waals surface area contributed by atoms with Crippen LogP contribution in [0.5, 0.6) is 5.75 Å². The summed E-state index contributed by atoms with van der Waals surface area (Å²) in [6.45, 7) is 2.76. The van der Waals surface area contributed by atoms with Gasteiger partial charge in [0, 0.05) is 25.2 Å². The average molecular weight is 346 g/mol. The average Bonchev–Trinajstić information content (AvgIpc) is 2.62. The van der Waals surface area contributed by atoms with Gasteiger partial charge in [-0.25, -0.2) is 8.78 Å². The van der Waals surface area contributed by atoms with Gasteiger partial charge in [-0.15, -0.1) is 0 Å². The first kappa shape index (κ1) is 17.4. The zero-order valence-corrected chi connectivity index (χ0v) is 14.2. The number of amides is 1. The number of carbonyl (C=O) groups excluding carboxylic acids is 1. The van der Waals surface area contributed by atoms with Gasteiger partial charge in [0.2, 0.25) is 5.91 Å². The number of para-hydroxylation sites is 2. The van der Waals surface area contributed by atoms with Gasteiger partial charge in [0.25, 0.3) is 0 Å². The summed E-state index contributed by atoms with van der Waals surface area (Å²) in [4.78, 5) is 16.3. The third-order valence-corrected chi connectivity index (χ3v) is 4.58. The summed E-state index contributed by atoms with van der Waals surface area (Å²) in [6.07, 6.45) is 0. The molecule has 1 aliphatic rings. The molecule has 2 aromatic carbocycles. The third kappa shape index (κ3) is 3.35. The lowest BCUT2D eigenvalue weighted by atomic mass is 10.1. The molecule has 1 fully saturated rings. The number of benzene rings is 2. The molecule has 2 aromatic rings. The van der Waals surface area contributed by atoms with Gasteiger partial charge in [-0.3, -0.25) is 9.69 Å². The molecule has 0 spiro atoms. The molecule has 1 aliphatic heterocycles. The molecule has 0 bridgehead atoms. The molecular formula is C19H20F2N2O2. The predicted octanol–water partition coefficient (Wildman–Crippen LogP) is 3.21. The summed E-state index contributed by atoms with van der Waals surface area (Å²) in [5.41, 5.74) is 0.700. The predicted molar refractivity (Wildman–Crippen MR) is 91.6 cm³/mol. The van der Waals surface area contributed by atoms with Gasteiger partial charge in [0.15, 0.2) is 0 Å². The molecule has 6 heteroatoms. The Morgan fingerprint density at radius 1 is 1.08 bits per heavy atom. The van der Waals surface area contributed by atoms with E-state index in [4.69, 9.17) is 4.74 Å². The van der Waals surface area contributed by atoms with Crippen molar-refractivity contribution in [2.45, 2.75) is 19.5 Å². The van der Waals surface area contributed by atoms with Crippen molar-refractivity contribution < 1.29 is 18.3 Å². The lowest BCUT2D eigenvalue weighted by molar-refractivity contribution is -0.125. The van der Waals surface area contributed by atoms with Crippen LogP contribution < -0.4 is 9.64 Å². The van der Waals surface area contributed by atoms with Crippen LogP contribution in [0.4, 0.5) is 14.5 Å². The number of hydrogen-bond donors (Lipinski definition) is 0. The highest BCUT2D eigenvalue weighted by molar-refractivity contribution is 5.98. The van der Waals surface area contributed by atoms with Crippen LogP contribution in [0.25, 0.3) is 0 Å². The molecule has 1 saturated heterocycles. The van der Waals surface area contributed by atoms with E-state index in [1.165, 1.54) is 18.2 Å². The summed E-state index contributed by atoms with van der Waals surface area (Å²) >= 11 is 0. The van der Waals surface area contributed by atoms with E-state index in [0.717, 1.165) is 0 Å². The molecule has 1 amide bonds. The minimum atomic E-state index is -0.591. The smallest absolute Gasteiger partial charge is 0.244 e. The highest BCUT2D eigenvalue weighted by Crippen LogP contribution is 2.30. The molecule has 0 unspecified atom stereocenters. The van der Waals surface area contributed by atoms with Gasteiger partial charge in [0.1, 0.15) is 17.4 Å². The van der Waals surface area contributed by atoms with Crippen molar-refractivity contribution in [3.63, 3.8) is 0 Å². The number of anilines is 1. The van der Waals surface area contributed by atoms with E-state index in [1.807, 2.05) is 18.2 Å². The normalized spacial score (nSPS) is 18.5. The first-order valence-electron chi connectivity index (χ1n) is 8.14. The molecule has 1 heterocycles. The quantitative estimate of drug-likeness (QED) is 0.852. The molecule has 25 heavy (non-hydrogen) atoms. The van der Waals surface area contributed by atoms with Crippen LogP contribution in [0.3, 0.4) is 0 Å². The van der Waals surface area contributed by atoms with Crippen molar-refractivity contribution in [2.24, 2.45) is 0 Å². The van der Waals surface area contributed by atoms with E-state index in [-0.39, 0.29) is 18.0 Å². The Balaban J connectivity index is 1.80. The molecule has 1 atom stereocenters. The van der Waals surface area contributed by atoms with E-state index in [2.05, 4.69) is 0 Å². The monoisotopic (exact) mass is 346 g/mol. The van der Waals surface area contributed by atoms with Crippen LogP contribution in [0.15, 0.2) is 42.5 Å². The number of nitrogens with zero attached hydrogens (tertiary/aromatic N) is 2. The van der Waals surface area contributed by atoms with Crippen LogP contribution in [-0.2, 0) is 11.3 Å². The second-order valence-electron chi connectivity index (χ2n) is 6.01. The maximum atomic E-state index is 13.9. The van der Waals surface area contributed by atoms with Gasteiger partial charge >= 0.3 is 0 Å². The van der Waals surface area contributed by atoms with Gasteiger partial charge < -0.3 is 9.64 Å². The molecule has 132 valence electrons. The fourth-order valence-electron chi connectivity index (χ4n) is 3.11. The Hall–Kier alpha value is -2.47. The topological polar surface area (TPSA) is 32.8 Å². The van der Waals surface area contributed by atoms with Crippen LogP contribution in [0, 0.1) is 11.6 Å². The SMILES string of the molecule is COc1ccccc1N1CCN(Cc2c(F)cccc2F)[C@@H](C)C1=O. The van der Waals surface area contributed by atoms with Gasteiger partial charge in [-0.1, -0.05) is 18.2 Å². The highest BCUT2D eigenvalue weighted by atomic mass is 19.1. The van der Waals surface area contributed by atoms with Gasteiger partial charge in [-0.05, 0) is 31.2 Å². The first-order chi connectivity index (χ1) is 12.0. The standard InChI is InChI=1S/C19H20F2N2O2/c1-13-19(24)23(17-8-3-4-9-18(17)25-2)11-10-22(13)12-14-15(20)6-5-7-16(14)21/h3-9,13H,10-12H2,1-2H3/t13-/m0/s1. The van der Waals surface area contributed by atoms with Crippen molar-refractivity contribution in [1.82, 2.24) is 4.90 Å². The summed E-state index contributed by atoms with van der Waals surface area (Å²) in [5.74, 6) is -0.678. The van der Waals surface area contributed by atoms with Crippen LogP contribution in [0.1, 0.15) is 12.5 Å².